The van der Waals surface area contributed by atoms with Gasteiger partial charge < -0.3 is 10.2 Å². The van der Waals surface area contributed by atoms with E-state index >= 15 is 0 Å². The lowest BCUT2D eigenvalue weighted by molar-refractivity contribution is 0.326. The number of para-hydroxylation sites is 1. The fourth-order valence-electron chi connectivity index (χ4n) is 14.3. The number of benzene rings is 7. The van der Waals surface area contributed by atoms with Gasteiger partial charge in [0.25, 0.3) is 0 Å². The summed E-state index contributed by atoms with van der Waals surface area (Å²) in [5.74, 6) is 0. The Morgan fingerprint density at radius 2 is 1.05 bits per heavy atom. The normalized spacial score (nSPS) is 21.5. The van der Waals surface area contributed by atoms with Gasteiger partial charge in [-0.05, 0) is 168 Å². The molecule has 1 N–H and O–H groups in total. The molecule has 2 nitrogen and oxygen atoms in total. The molecule has 328 valence electrons. The minimum Gasteiger partial charge on any atom is -0.355 e. The molecule has 3 aliphatic heterocycles. The largest absolute Gasteiger partial charge is 0.355 e. The van der Waals surface area contributed by atoms with Crippen molar-refractivity contribution in [2.24, 2.45) is 0 Å². The molecule has 0 amide bonds. The van der Waals surface area contributed by atoms with E-state index in [0.717, 1.165) is 13.0 Å². The molecule has 6 aliphatic rings. The molecule has 7 aromatic carbocycles. The van der Waals surface area contributed by atoms with Crippen molar-refractivity contribution in [1.82, 2.24) is 0 Å². The fraction of sp³-hybridized carbons (Fsp3) is 0.333. The summed E-state index contributed by atoms with van der Waals surface area (Å²) in [6, 6.07) is 47.1. The van der Waals surface area contributed by atoms with Gasteiger partial charge in [0.15, 0.2) is 7.28 Å². The molecular weight excluding hydrogens is 796 g/mol. The number of anilines is 5. The van der Waals surface area contributed by atoms with E-state index in [2.05, 4.69) is 208 Å². The summed E-state index contributed by atoms with van der Waals surface area (Å²) in [5, 5.41) is 4.10. The van der Waals surface area contributed by atoms with Crippen LogP contribution in [0.2, 0.25) is 0 Å². The van der Waals surface area contributed by atoms with Crippen molar-refractivity contribution in [3.8, 4) is 33.4 Å². The van der Waals surface area contributed by atoms with Crippen molar-refractivity contribution < 1.29 is 0 Å². The molecule has 0 saturated carbocycles. The van der Waals surface area contributed by atoms with E-state index < -0.39 is 0 Å². The van der Waals surface area contributed by atoms with Crippen molar-refractivity contribution in [2.45, 2.75) is 134 Å². The van der Waals surface area contributed by atoms with Gasteiger partial charge in [0, 0.05) is 39.1 Å². The van der Waals surface area contributed by atoms with Crippen LogP contribution in [0.15, 0.2) is 121 Å². The summed E-state index contributed by atoms with van der Waals surface area (Å²) in [7, 11) is 0.894. The van der Waals surface area contributed by atoms with Crippen LogP contribution in [0.25, 0.3) is 33.4 Å². The molecular formula is C63H63BN2. The van der Waals surface area contributed by atoms with E-state index in [1.165, 1.54) is 126 Å². The van der Waals surface area contributed by atoms with Crippen LogP contribution in [0.5, 0.6) is 0 Å². The Balaban J connectivity index is 1.14. The predicted octanol–water partition coefficient (Wildman–Crippen LogP) is 14.9. The molecule has 0 spiro atoms. The average molecular weight is 859 g/mol. The Bertz CT molecular complexity index is 3290. The van der Waals surface area contributed by atoms with Crippen LogP contribution in [-0.2, 0) is 32.5 Å². The van der Waals surface area contributed by atoms with Gasteiger partial charge in [-0.2, -0.15) is 0 Å². The second-order valence-electron chi connectivity index (χ2n) is 24.4. The van der Waals surface area contributed by atoms with E-state index in [0.29, 0.717) is 0 Å². The molecule has 0 bridgehead atoms. The van der Waals surface area contributed by atoms with E-state index in [9.17, 15) is 0 Å². The van der Waals surface area contributed by atoms with Crippen LogP contribution >= 0.6 is 0 Å². The summed E-state index contributed by atoms with van der Waals surface area (Å²) in [4.78, 5) is 2.84. The molecule has 0 fully saturated rings. The number of hydrogen-bond donors (Lipinski definition) is 1. The minimum absolute atomic E-state index is 0.0273. The fourth-order valence-corrected chi connectivity index (χ4v) is 14.3. The zero-order valence-corrected chi connectivity index (χ0v) is 41.0. The highest BCUT2D eigenvalue weighted by molar-refractivity contribution is 6.73. The van der Waals surface area contributed by atoms with E-state index in [4.69, 9.17) is 0 Å². The molecule has 3 heteroatoms. The molecule has 13 rings (SSSR count). The third-order valence-corrected chi connectivity index (χ3v) is 18.3. The van der Waals surface area contributed by atoms with Crippen molar-refractivity contribution in [1.29, 1.82) is 0 Å². The monoisotopic (exact) mass is 859 g/mol. The number of hydrogen-bond acceptors (Lipinski definition) is 2. The second kappa shape index (κ2) is 12.8. The molecule has 0 aromatic heterocycles. The van der Waals surface area contributed by atoms with Crippen LogP contribution in [0.4, 0.5) is 28.4 Å². The number of rotatable bonds is 4. The molecule has 66 heavy (non-hydrogen) atoms. The smallest absolute Gasteiger partial charge is 0.198 e. The molecule has 3 aliphatic carbocycles. The van der Waals surface area contributed by atoms with E-state index in [1.54, 1.807) is 16.7 Å². The summed E-state index contributed by atoms with van der Waals surface area (Å²) in [6.07, 6.45) is 4.72. The van der Waals surface area contributed by atoms with Gasteiger partial charge >= 0.3 is 0 Å². The summed E-state index contributed by atoms with van der Waals surface area (Å²) < 4.78 is 0. The van der Waals surface area contributed by atoms with Gasteiger partial charge in [-0.25, -0.2) is 0 Å². The first-order chi connectivity index (χ1) is 31.3. The van der Waals surface area contributed by atoms with E-state index in [-0.39, 0.29) is 32.5 Å². The van der Waals surface area contributed by atoms with Crippen molar-refractivity contribution in [3.63, 3.8) is 0 Å². The van der Waals surface area contributed by atoms with Crippen LogP contribution in [0.1, 0.15) is 152 Å². The Morgan fingerprint density at radius 1 is 0.424 bits per heavy atom. The van der Waals surface area contributed by atoms with Crippen LogP contribution in [-0.4, -0.2) is 7.28 Å². The summed E-state index contributed by atoms with van der Waals surface area (Å²) >= 11 is 0. The standard InChI is InChI=1S/C63H63BN2/c1-58(2)28-29-59(3,4)46-35-50(65-38-26-24-37(25-27-38)36-18-13-12-14-19-36)40(33-45(46)58)42-32-41-39-20-15-16-21-43(39)63(11)51(41)57-54(42)64-49-23-17-22-44-55(49)66(57)56-48(62(44,9)10)34-47-52(53(56)63)61(7,8)31-30-60(47,5)6/h12-27,32-35,64-65H,28-31H2,1-11H3. The average Bonchev–Trinajstić information content (AvgIpc) is 3.56. The Kier molecular flexibility index (Phi) is 7.85. The third-order valence-electron chi connectivity index (χ3n) is 18.3. The highest BCUT2D eigenvalue weighted by Crippen LogP contribution is 2.69. The van der Waals surface area contributed by atoms with Crippen LogP contribution < -0.4 is 21.1 Å². The topological polar surface area (TPSA) is 15.3 Å². The van der Waals surface area contributed by atoms with Gasteiger partial charge in [-0.1, -0.05) is 166 Å². The quantitative estimate of drug-likeness (QED) is 0.177. The molecule has 7 aromatic rings. The maximum atomic E-state index is 4.10. The lowest BCUT2D eigenvalue weighted by atomic mass is 9.50. The summed E-state index contributed by atoms with van der Waals surface area (Å²) in [6.45, 7) is 27.7. The first-order valence-corrected chi connectivity index (χ1v) is 24.9. The lowest BCUT2D eigenvalue weighted by Gasteiger charge is -2.56. The first-order valence-electron chi connectivity index (χ1n) is 24.9. The van der Waals surface area contributed by atoms with Gasteiger partial charge in [0.05, 0.1) is 5.69 Å². The van der Waals surface area contributed by atoms with Crippen molar-refractivity contribution >= 4 is 46.6 Å². The molecule has 0 saturated heterocycles. The molecule has 0 radical (unpaired) electrons. The number of nitrogens with zero attached hydrogens (tertiary/aromatic N) is 1. The first kappa shape index (κ1) is 40.5. The molecule has 3 heterocycles. The highest BCUT2D eigenvalue weighted by atomic mass is 15.2. The zero-order valence-electron chi connectivity index (χ0n) is 41.0. The zero-order chi connectivity index (χ0) is 45.7. The maximum Gasteiger partial charge on any atom is 0.198 e. The van der Waals surface area contributed by atoms with Crippen molar-refractivity contribution in [2.75, 3.05) is 10.2 Å². The number of nitrogens with one attached hydrogen (secondary N) is 1. The molecule has 1 unspecified atom stereocenters. The SMILES string of the molecule is CC1(C)CCC(C)(C)c2cc(-c3cc4c5c6c3Bc3cccc7c3N6c3c(cc6c(c3C5(C)c3ccccc3-4)C(C)(C)CCC6(C)C)C7(C)C)c(Nc3ccc(-c4ccccc4)cc3)cc21. The van der Waals surface area contributed by atoms with E-state index in [1.807, 2.05) is 0 Å². The van der Waals surface area contributed by atoms with Crippen LogP contribution in [0, 0.1) is 0 Å². The molecule has 1 atom stereocenters. The van der Waals surface area contributed by atoms with Crippen molar-refractivity contribution in [3.05, 3.63) is 171 Å². The minimum atomic E-state index is -0.325. The van der Waals surface area contributed by atoms with Crippen LogP contribution in [0.3, 0.4) is 0 Å². The third kappa shape index (κ3) is 5.10. The predicted molar refractivity (Wildman–Crippen MR) is 282 cm³/mol. The lowest BCUT2D eigenvalue weighted by Crippen LogP contribution is -2.51. The van der Waals surface area contributed by atoms with Gasteiger partial charge in [0.2, 0.25) is 0 Å². The van der Waals surface area contributed by atoms with Gasteiger partial charge in [-0.15, -0.1) is 0 Å². The van der Waals surface area contributed by atoms with Gasteiger partial charge in [0.1, 0.15) is 0 Å². The number of fused-ring (bicyclic) bond motifs is 7. The Hall–Kier alpha value is -5.80. The second-order valence-corrected chi connectivity index (χ2v) is 24.4. The highest BCUT2D eigenvalue weighted by Gasteiger charge is 2.58. The Morgan fingerprint density at radius 3 is 1.77 bits per heavy atom. The Labute approximate surface area is 394 Å². The van der Waals surface area contributed by atoms with Gasteiger partial charge in [-0.3, -0.25) is 0 Å². The maximum absolute atomic E-state index is 4.10. The summed E-state index contributed by atoms with van der Waals surface area (Å²) in [5.41, 5.74) is 30.8.